The van der Waals surface area contributed by atoms with Crippen molar-refractivity contribution in [3.8, 4) is 5.75 Å². The Hall–Kier alpha value is -1.14. The van der Waals surface area contributed by atoms with Crippen LogP contribution in [-0.2, 0) is 20.8 Å². The second-order valence-electron chi connectivity index (χ2n) is 8.52. The highest BCUT2D eigenvalue weighted by atomic mass is 16.5. The van der Waals surface area contributed by atoms with Crippen LogP contribution in [0.25, 0.3) is 0 Å². The molecule has 5 nitrogen and oxygen atoms in total. The molecule has 28 heavy (non-hydrogen) atoms. The second kappa shape index (κ2) is 10.1. The van der Waals surface area contributed by atoms with Gasteiger partial charge in [-0.1, -0.05) is 12.1 Å². The Kier molecular flexibility index (Phi) is 7.75. The molecule has 1 spiro atoms. The lowest BCUT2D eigenvalue weighted by Crippen LogP contribution is -2.50. The first-order valence-electron chi connectivity index (χ1n) is 10.7. The van der Waals surface area contributed by atoms with Gasteiger partial charge >= 0.3 is 0 Å². The Morgan fingerprint density at radius 2 is 2.00 bits per heavy atom. The fraction of sp³-hybridized carbons (Fsp3) is 0.739. The van der Waals surface area contributed by atoms with Crippen LogP contribution in [0.4, 0.5) is 0 Å². The molecule has 3 rings (SSSR count). The maximum Gasteiger partial charge on any atom is 0.121 e. The van der Waals surface area contributed by atoms with Crippen LogP contribution in [0.2, 0.25) is 0 Å². The van der Waals surface area contributed by atoms with E-state index in [2.05, 4.69) is 43.9 Å². The summed E-state index contributed by atoms with van der Waals surface area (Å²) in [6.45, 7) is 11.5. The maximum atomic E-state index is 6.27. The summed E-state index contributed by atoms with van der Waals surface area (Å²) < 4.78 is 23.3. The molecule has 0 aliphatic carbocycles. The van der Waals surface area contributed by atoms with E-state index in [9.17, 15) is 0 Å². The maximum absolute atomic E-state index is 6.27. The minimum Gasteiger partial charge on any atom is -0.496 e. The van der Waals surface area contributed by atoms with E-state index in [1.807, 2.05) is 0 Å². The number of hydrogen-bond acceptors (Lipinski definition) is 5. The van der Waals surface area contributed by atoms with Gasteiger partial charge in [-0.15, -0.1) is 0 Å². The number of nitrogens with zero attached hydrogens (tertiary/aromatic N) is 1. The predicted molar refractivity (Wildman–Crippen MR) is 111 cm³/mol. The van der Waals surface area contributed by atoms with Crippen LogP contribution in [0.1, 0.15) is 50.7 Å². The molecule has 0 aromatic heterocycles. The van der Waals surface area contributed by atoms with Crippen LogP contribution in [0.5, 0.6) is 5.75 Å². The molecule has 2 heterocycles. The molecular formula is C23H37NO4. The smallest absolute Gasteiger partial charge is 0.121 e. The molecule has 5 heteroatoms. The highest BCUT2D eigenvalue weighted by Gasteiger charge is 2.40. The number of aryl methyl sites for hydroxylation is 1. The summed E-state index contributed by atoms with van der Waals surface area (Å²) in [5.41, 5.74) is 2.56. The monoisotopic (exact) mass is 391 g/mol. The Labute approximate surface area is 170 Å². The van der Waals surface area contributed by atoms with Gasteiger partial charge in [-0.2, -0.15) is 0 Å². The van der Waals surface area contributed by atoms with Crippen LogP contribution < -0.4 is 4.74 Å². The second-order valence-corrected chi connectivity index (χ2v) is 8.52. The van der Waals surface area contributed by atoms with Crippen LogP contribution in [-0.4, -0.2) is 62.7 Å². The lowest BCUT2D eigenvalue weighted by molar-refractivity contribution is -0.159. The van der Waals surface area contributed by atoms with Crippen molar-refractivity contribution in [2.45, 2.75) is 70.8 Å². The van der Waals surface area contributed by atoms with Crippen molar-refractivity contribution in [3.05, 3.63) is 29.3 Å². The lowest BCUT2D eigenvalue weighted by atomic mass is 9.83. The number of likely N-dealkylation sites (tertiary alicyclic amines) is 1. The normalized spacial score (nSPS) is 22.7. The lowest BCUT2D eigenvalue weighted by Gasteiger charge is -2.46. The summed E-state index contributed by atoms with van der Waals surface area (Å²) >= 11 is 0. The first-order chi connectivity index (χ1) is 13.5. The van der Waals surface area contributed by atoms with E-state index >= 15 is 0 Å². The quantitative estimate of drug-likeness (QED) is 0.628. The predicted octanol–water partition coefficient (Wildman–Crippen LogP) is 3.96. The average molecular weight is 392 g/mol. The van der Waals surface area contributed by atoms with Gasteiger partial charge in [0.15, 0.2) is 0 Å². The van der Waals surface area contributed by atoms with Gasteiger partial charge in [-0.05, 0) is 57.2 Å². The van der Waals surface area contributed by atoms with Crippen LogP contribution in [0.3, 0.4) is 0 Å². The highest BCUT2D eigenvalue weighted by Crippen LogP contribution is 2.36. The fourth-order valence-electron chi connectivity index (χ4n) is 4.39. The summed E-state index contributed by atoms with van der Waals surface area (Å²) in [5, 5.41) is 0. The molecule has 0 radical (unpaired) electrons. The van der Waals surface area contributed by atoms with Crippen LogP contribution in [0, 0.1) is 6.92 Å². The van der Waals surface area contributed by atoms with Crippen molar-refractivity contribution in [1.82, 2.24) is 4.90 Å². The number of ether oxygens (including phenoxy) is 4. The fourth-order valence-corrected chi connectivity index (χ4v) is 4.39. The first-order valence-corrected chi connectivity index (χ1v) is 10.7. The third-order valence-corrected chi connectivity index (χ3v) is 5.97. The molecule has 0 amide bonds. The van der Waals surface area contributed by atoms with Crippen molar-refractivity contribution in [2.24, 2.45) is 0 Å². The minimum atomic E-state index is 0.00808. The van der Waals surface area contributed by atoms with Crippen molar-refractivity contribution >= 4 is 0 Å². The molecule has 1 aromatic carbocycles. The molecule has 0 saturated carbocycles. The van der Waals surface area contributed by atoms with Crippen LogP contribution in [0.15, 0.2) is 18.2 Å². The number of hydrogen-bond donors (Lipinski definition) is 0. The number of rotatable bonds is 8. The first kappa shape index (κ1) is 21.6. The largest absolute Gasteiger partial charge is 0.496 e. The van der Waals surface area contributed by atoms with Gasteiger partial charge in [0.25, 0.3) is 0 Å². The number of benzene rings is 1. The van der Waals surface area contributed by atoms with E-state index in [1.54, 1.807) is 7.11 Å². The number of methoxy groups -OCH3 is 1. The van der Waals surface area contributed by atoms with Gasteiger partial charge < -0.3 is 18.9 Å². The zero-order valence-electron chi connectivity index (χ0n) is 18.0. The van der Waals surface area contributed by atoms with Crippen molar-refractivity contribution in [3.63, 3.8) is 0 Å². The SMILES string of the molecule is COc1ccc(CN2CCC3(CC2)CC(OCCOC(C)C)CCO3)cc1C. The van der Waals surface area contributed by atoms with E-state index in [-0.39, 0.29) is 11.7 Å². The van der Waals surface area contributed by atoms with Gasteiger partial charge in [-0.3, -0.25) is 4.90 Å². The van der Waals surface area contributed by atoms with Gasteiger partial charge in [0, 0.05) is 32.7 Å². The van der Waals surface area contributed by atoms with Crippen molar-refractivity contribution in [2.75, 3.05) is 40.0 Å². The Bertz CT molecular complexity index is 611. The minimum absolute atomic E-state index is 0.00808. The summed E-state index contributed by atoms with van der Waals surface area (Å²) in [6.07, 6.45) is 4.76. The molecule has 158 valence electrons. The summed E-state index contributed by atoms with van der Waals surface area (Å²) in [4.78, 5) is 2.54. The summed E-state index contributed by atoms with van der Waals surface area (Å²) in [7, 11) is 1.73. The standard InChI is InChI=1S/C23H37NO4/c1-18(2)26-13-14-27-21-7-12-28-23(16-21)8-10-24(11-9-23)17-20-5-6-22(25-4)19(3)15-20/h5-6,15,18,21H,7-14,16-17H2,1-4H3. The van der Waals surface area contributed by atoms with Crippen molar-refractivity contribution in [1.29, 1.82) is 0 Å². The van der Waals surface area contributed by atoms with E-state index in [0.29, 0.717) is 19.3 Å². The zero-order valence-corrected chi connectivity index (χ0v) is 18.0. The average Bonchev–Trinajstić information content (AvgIpc) is 2.68. The molecule has 0 bridgehead atoms. The molecule has 2 saturated heterocycles. The molecular weight excluding hydrogens is 354 g/mol. The topological polar surface area (TPSA) is 40.2 Å². The van der Waals surface area contributed by atoms with E-state index in [0.717, 1.165) is 57.7 Å². The molecule has 1 aromatic rings. The number of piperidine rings is 1. The van der Waals surface area contributed by atoms with Crippen LogP contribution >= 0.6 is 0 Å². The van der Waals surface area contributed by atoms with Crippen molar-refractivity contribution < 1.29 is 18.9 Å². The third kappa shape index (κ3) is 5.93. The summed E-state index contributed by atoms with van der Waals surface area (Å²) in [6, 6.07) is 6.49. The Morgan fingerprint density at radius 3 is 2.68 bits per heavy atom. The molecule has 1 atom stereocenters. The highest BCUT2D eigenvalue weighted by molar-refractivity contribution is 5.36. The Balaban J connectivity index is 1.45. The summed E-state index contributed by atoms with van der Waals surface area (Å²) in [5.74, 6) is 0.960. The molecule has 1 unspecified atom stereocenters. The molecule has 2 fully saturated rings. The zero-order chi connectivity index (χ0) is 20.0. The van der Waals surface area contributed by atoms with Gasteiger partial charge in [0.1, 0.15) is 5.75 Å². The van der Waals surface area contributed by atoms with Gasteiger partial charge in [0.05, 0.1) is 38.1 Å². The van der Waals surface area contributed by atoms with E-state index < -0.39 is 0 Å². The van der Waals surface area contributed by atoms with Gasteiger partial charge in [0.2, 0.25) is 0 Å². The molecule has 2 aliphatic heterocycles. The van der Waals surface area contributed by atoms with E-state index in [1.165, 1.54) is 11.1 Å². The Morgan fingerprint density at radius 1 is 1.21 bits per heavy atom. The third-order valence-electron chi connectivity index (χ3n) is 5.97. The van der Waals surface area contributed by atoms with Gasteiger partial charge in [-0.25, -0.2) is 0 Å². The van der Waals surface area contributed by atoms with E-state index in [4.69, 9.17) is 18.9 Å². The molecule has 2 aliphatic rings. The molecule has 0 N–H and O–H groups in total.